The second-order valence-corrected chi connectivity index (χ2v) is 5.07. The molecular weight excluding hydrogens is 268 g/mol. The van der Waals surface area contributed by atoms with Gasteiger partial charge in [-0.15, -0.1) is 5.10 Å². The summed E-state index contributed by atoms with van der Waals surface area (Å²) in [4.78, 5) is 8.84. The lowest BCUT2D eigenvalue weighted by molar-refractivity contribution is 0.415. The molecule has 0 spiro atoms. The average molecular weight is 288 g/mol. The predicted octanol–water partition coefficient (Wildman–Crippen LogP) is 0.732. The molecule has 112 valence electrons. The molecule has 2 N–H and O–H groups in total. The van der Waals surface area contributed by atoms with Crippen LogP contribution in [0.25, 0.3) is 0 Å². The number of methoxy groups -OCH3 is 1. The van der Waals surface area contributed by atoms with Gasteiger partial charge < -0.3 is 20.3 Å². The highest BCUT2D eigenvalue weighted by Crippen LogP contribution is 2.22. The van der Waals surface area contributed by atoms with E-state index in [0.717, 1.165) is 37.9 Å². The van der Waals surface area contributed by atoms with Crippen molar-refractivity contribution in [2.45, 2.75) is 0 Å². The van der Waals surface area contributed by atoms with E-state index in [2.05, 4.69) is 32.0 Å². The molecule has 2 aromatic rings. The maximum Gasteiger partial charge on any atom is 0.241 e. The highest BCUT2D eigenvalue weighted by molar-refractivity contribution is 5.51. The van der Waals surface area contributed by atoms with Gasteiger partial charge in [0.25, 0.3) is 0 Å². The number of ether oxygens (including phenoxy) is 1. The van der Waals surface area contributed by atoms with E-state index in [0.29, 0.717) is 5.95 Å². The number of aromatic nitrogens is 3. The Morgan fingerprint density at radius 3 is 2.19 bits per heavy atom. The molecule has 3 rings (SSSR count). The van der Waals surface area contributed by atoms with Gasteiger partial charge in [0.05, 0.1) is 7.11 Å². The van der Waals surface area contributed by atoms with Crippen molar-refractivity contribution in [3.8, 4) is 5.75 Å². The molecule has 0 bridgehead atoms. The van der Waals surface area contributed by atoms with Crippen molar-refractivity contribution in [3.05, 3.63) is 24.3 Å². The monoisotopic (exact) mass is 288 g/mol. The SMILES string of the molecule is COc1ccc(N2CCN(c3nc(N)nn3C)CC2)cc1. The first kappa shape index (κ1) is 13.5. The standard InChI is InChI=1S/C14H20N6O/c1-18-14(16-13(15)17-18)20-9-7-19(8-10-20)11-3-5-12(21-2)6-4-11/h3-6H,7-10H2,1-2H3,(H2,15,17). The van der Waals surface area contributed by atoms with Gasteiger partial charge >= 0.3 is 0 Å². The largest absolute Gasteiger partial charge is 0.497 e. The normalized spacial score (nSPS) is 15.3. The number of rotatable bonds is 3. The number of piperazine rings is 1. The molecule has 7 heteroatoms. The summed E-state index contributed by atoms with van der Waals surface area (Å²) >= 11 is 0. The number of hydrogen-bond acceptors (Lipinski definition) is 6. The summed E-state index contributed by atoms with van der Waals surface area (Å²) in [5.41, 5.74) is 6.86. The topological polar surface area (TPSA) is 72.4 Å². The van der Waals surface area contributed by atoms with Gasteiger partial charge in [-0.25, -0.2) is 4.68 Å². The second kappa shape index (κ2) is 5.51. The minimum absolute atomic E-state index is 0.324. The van der Waals surface area contributed by atoms with Crippen LogP contribution in [0.3, 0.4) is 0 Å². The van der Waals surface area contributed by atoms with Crippen molar-refractivity contribution in [1.29, 1.82) is 0 Å². The number of anilines is 3. The highest BCUT2D eigenvalue weighted by atomic mass is 16.5. The molecule has 0 saturated carbocycles. The Hall–Kier alpha value is -2.44. The molecule has 1 saturated heterocycles. The van der Waals surface area contributed by atoms with Gasteiger partial charge in [0, 0.05) is 38.9 Å². The second-order valence-electron chi connectivity index (χ2n) is 5.07. The quantitative estimate of drug-likeness (QED) is 0.898. The average Bonchev–Trinajstić information content (AvgIpc) is 2.86. The summed E-state index contributed by atoms with van der Waals surface area (Å²) in [5, 5.41) is 4.10. The zero-order chi connectivity index (χ0) is 14.8. The summed E-state index contributed by atoms with van der Waals surface area (Å²) in [7, 11) is 3.55. The maximum absolute atomic E-state index is 5.64. The van der Waals surface area contributed by atoms with Gasteiger partial charge in [-0.1, -0.05) is 0 Å². The fourth-order valence-electron chi connectivity index (χ4n) is 2.63. The summed E-state index contributed by atoms with van der Waals surface area (Å²) < 4.78 is 6.92. The van der Waals surface area contributed by atoms with Gasteiger partial charge in [0.1, 0.15) is 5.75 Å². The van der Waals surface area contributed by atoms with Crippen molar-refractivity contribution in [3.63, 3.8) is 0 Å². The number of aryl methyl sites for hydroxylation is 1. The molecule has 0 radical (unpaired) electrons. The molecule has 1 aliphatic heterocycles. The molecule has 0 atom stereocenters. The fourth-order valence-corrected chi connectivity index (χ4v) is 2.63. The van der Waals surface area contributed by atoms with Gasteiger partial charge in [-0.05, 0) is 24.3 Å². The molecule has 1 aromatic heterocycles. The van der Waals surface area contributed by atoms with E-state index in [-0.39, 0.29) is 0 Å². The smallest absolute Gasteiger partial charge is 0.241 e. The van der Waals surface area contributed by atoms with E-state index in [1.54, 1.807) is 11.8 Å². The third kappa shape index (κ3) is 2.72. The van der Waals surface area contributed by atoms with Crippen LogP contribution in [0.1, 0.15) is 0 Å². The number of nitrogens with two attached hydrogens (primary N) is 1. The Balaban J connectivity index is 1.65. The van der Waals surface area contributed by atoms with Crippen LogP contribution in [-0.2, 0) is 7.05 Å². The van der Waals surface area contributed by atoms with Crippen LogP contribution < -0.4 is 20.3 Å². The third-order valence-electron chi connectivity index (χ3n) is 3.76. The van der Waals surface area contributed by atoms with E-state index < -0.39 is 0 Å². The van der Waals surface area contributed by atoms with Crippen molar-refractivity contribution in [2.75, 3.05) is 48.8 Å². The molecular formula is C14H20N6O. The van der Waals surface area contributed by atoms with Crippen LogP contribution >= 0.6 is 0 Å². The Labute approximate surface area is 123 Å². The fraction of sp³-hybridized carbons (Fsp3) is 0.429. The maximum atomic E-state index is 5.64. The van der Waals surface area contributed by atoms with Crippen LogP contribution in [0.5, 0.6) is 5.75 Å². The van der Waals surface area contributed by atoms with Crippen molar-refractivity contribution < 1.29 is 4.74 Å². The number of nitrogens with zero attached hydrogens (tertiary/aromatic N) is 5. The zero-order valence-corrected chi connectivity index (χ0v) is 12.4. The summed E-state index contributed by atoms with van der Waals surface area (Å²) in [6.07, 6.45) is 0. The zero-order valence-electron chi connectivity index (χ0n) is 12.4. The Morgan fingerprint density at radius 2 is 1.67 bits per heavy atom. The Kier molecular flexibility index (Phi) is 3.55. The molecule has 21 heavy (non-hydrogen) atoms. The lowest BCUT2D eigenvalue weighted by Gasteiger charge is -2.36. The van der Waals surface area contributed by atoms with Crippen LogP contribution in [0, 0.1) is 0 Å². The van der Waals surface area contributed by atoms with E-state index in [9.17, 15) is 0 Å². The lowest BCUT2D eigenvalue weighted by atomic mass is 10.2. The highest BCUT2D eigenvalue weighted by Gasteiger charge is 2.21. The van der Waals surface area contributed by atoms with Gasteiger partial charge in [-0.3, -0.25) is 0 Å². The first-order chi connectivity index (χ1) is 10.2. The first-order valence-electron chi connectivity index (χ1n) is 6.98. The molecule has 7 nitrogen and oxygen atoms in total. The van der Waals surface area contributed by atoms with E-state index in [1.807, 2.05) is 19.2 Å². The van der Waals surface area contributed by atoms with Crippen LogP contribution in [0.2, 0.25) is 0 Å². The van der Waals surface area contributed by atoms with Crippen molar-refractivity contribution in [1.82, 2.24) is 14.8 Å². The summed E-state index contributed by atoms with van der Waals surface area (Å²) in [5.74, 6) is 2.04. The number of nitrogen functional groups attached to an aromatic ring is 1. The molecule has 1 aromatic carbocycles. The minimum Gasteiger partial charge on any atom is -0.497 e. The van der Waals surface area contributed by atoms with Crippen LogP contribution in [-0.4, -0.2) is 48.1 Å². The van der Waals surface area contributed by atoms with E-state index in [4.69, 9.17) is 10.5 Å². The third-order valence-corrected chi connectivity index (χ3v) is 3.76. The number of benzene rings is 1. The molecule has 0 aliphatic carbocycles. The Bertz CT molecular complexity index is 600. The molecule has 2 heterocycles. The molecule has 1 fully saturated rings. The van der Waals surface area contributed by atoms with Gasteiger partial charge in [0.2, 0.25) is 11.9 Å². The van der Waals surface area contributed by atoms with E-state index >= 15 is 0 Å². The molecule has 1 aliphatic rings. The molecule has 0 amide bonds. The molecule has 0 unspecified atom stereocenters. The van der Waals surface area contributed by atoms with Crippen LogP contribution in [0.15, 0.2) is 24.3 Å². The van der Waals surface area contributed by atoms with Gasteiger partial charge in [-0.2, -0.15) is 4.98 Å². The van der Waals surface area contributed by atoms with Crippen molar-refractivity contribution in [2.24, 2.45) is 7.05 Å². The predicted molar refractivity (Wildman–Crippen MR) is 82.8 cm³/mol. The van der Waals surface area contributed by atoms with Gasteiger partial charge in [0.15, 0.2) is 0 Å². The van der Waals surface area contributed by atoms with Crippen LogP contribution in [0.4, 0.5) is 17.6 Å². The first-order valence-corrected chi connectivity index (χ1v) is 6.98. The lowest BCUT2D eigenvalue weighted by Crippen LogP contribution is -2.47. The van der Waals surface area contributed by atoms with E-state index in [1.165, 1.54) is 5.69 Å². The summed E-state index contributed by atoms with van der Waals surface area (Å²) in [6, 6.07) is 8.17. The number of hydrogen-bond donors (Lipinski definition) is 1. The Morgan fingerprint density at radius 1 is 1.05 bits per heavy atom. The summed E-state index contributed by atoms with van der Waals surface area (Å²) in [6.45, 7) is 3.69. The minimum atomic E-state index is 0.324. The van der Waals surface area contributed by atoms with Crippen molar-refractivity contribution >= 4 is 17.6 Å².